The van der Waals surface area contributed by atoms with Crippen molar-refractivity contribution in [2.75, 3.05) is 0 Å². The van der Waals surface area contributed by atoms with E-state index >= 15 is 0 Å². The Morgan fingerprint density at radius 3 is 0.600 bits per heavy atom. The average Bonchev–Trinajstić information content (AvgIpc) is 0. The zero-order valence-corrected chi connectivity index (χ0v) is 10.8. The Balaban J connectivity index is 0. The van der Waals surface area contributed by atoms with Crippen molar-refractivity contribution in [3.8, 4) is 0 Å². The van der Waals surface area contributed by atoms with Crippen LogP contribution in [-0.2, 0) is 66.7 Å². The van der Waals surface area contributed by atoms with E-state index in [1.54, 1.807) is 0 Å². The van der Waals surface area contributed by atoms with Gasteiger partial charge in [0, 0.05) is 0 Å². The predicted molar refractivity (Wildman–Crippen MR) is 27.8 cm³/mol. The second kappa shape index (κ2) is 26.2. The van der Waals surface area contributed by atoms with Crippen LogP contribution in [0.25, 0.3) is 0 Å². The summed E-state index contributed by atoms with van der Waals surface area (Å²) >= 11 is 0. The smallest absolute Gasteiger partial charge is 2.00 e. The first kappa shape index (κ1) is 39.7. The molecule has 0 nitrogen and oxygen atoms in total. The van der Waals surface area contributed by atoms with Crippen molar-refractivity contribution in [1.82, 2.24) is 0 Å². The van der Waals surface area contributed by atoms with Crippen molar-refractivity contribution in [1.29, 1.82) is 0 Å². The fourth-order valence-corrected chi connectivity index (χ4v) is 0. The first-order valence-electron chi connectivity index (χ1n) is 0. The quantitative estimate of drug-likeness (QED) is 0.528. The molecule has 0 fully saturated rings. The number of hydrogen-bond acceptors (Lipinski definition) is 0. The van der Waals surface area contributed by atoms with Crippen LogP contribution >= 0.6 is 0 Å². The van der Waals surface area contributed by atoms with Gasteiger partial charge in [-0.25, -0.2) is 0 Å². The molecule has 0 rings (SSSR count). The van der Waals surface area contributed by atoms with Crippen LogP contribution in [0, 0.1) is 0 Å². The monoisotopic (exact) mass is 274 g/mol. The molecule has 0 aliphatic carbocycles. The summed E-state index contributed by atoms with van der Waals surface area (Å²) < 4.78 is 0. The number of hydrogen-bond donors (Lipinski definition) is 0. The molecule has 0 aromatic heterocycles. The van der Waals surface area contributed by atoms with Crippen LogP contribution in [0.5, 0.6) is 0 Å². The Morgan fingerprint density at radius 1 is 0.600 bits per heavy atom. The number of rotatable bonds is 0. The van der Waals surface area contributed by atoms with Gasteiger partial charge in [0.1, 0.15) is 0 Å². The SMILES string of the molecule is [S-2].[S-2].[S-2].[Sr+2].[Zr+4]. The molecule has 0 N–H and O–H groups in total. The van der Waals surface area contributed by atoms with Crippen molar-refractivity contribution >= 4 is 86.0 Å². The average molecular weight is 275 g/mol. The minimum atomic E-state index is 0. The first-order valence-corrected chi connectivity index (χ1v) is 0. The van der Waals surface area contributed by atoms with Gasteiger partial charge in [-0.05, 0) is 0 Å². The molecule has 24 valence electrons. The van der Waals surface area contributed by atoms with Crippen molar-refractivity contribution in [3.05, 3.63) is 0 Å². The third kappa shape index (κ3) is 18.6. The van der Waals surface area contributed by atoms with Crippen molar-refractivity contribution in [2.24, 2.45) is 0 Å². The molecule has 0 aliphatic rings. The molecule has 0 atom stereocenters. The van der Waals surface area contributed by atoms with Crippen LogP contribution < -0.4 is 0 Å². The molecule has 0 radical (unpaired) electrons. The van der Waals surface area contributed by atoms with E-state index in [4.69, 9.17) is 0 Å². The van der Waals surface area contributed by atoms with E-state index in [-0.39, 0.29) is 112 Å². The molecule has 0 unspecified atom stereocenters. The molecule has 0 saturated carbocycles. The van der Waals surface area contributed by atoms with Gasteiger partial charge in [-0.15, -0.1) is 0 Å². The molecule has 0 aliphatic heterocycles. The summed E-state index contributed by atoms with van der Waals surface area (Å²) in [6, 6.07) is 0. The van der Waals surface area contributed by atoms with E-state index in [1.807, 2.05) is 0 Å². The summed E-state index contributed by atoms with van der Waals surface area (Å²) in [5.41, 5.74) is 0. The third-order valence-electron chi connectivity index (χ3n) is 0. The second-order valence-electron chi connectivity index (χ2n) is 0. The van der Waals surface area contributed by atoms with Crippen LogP contribution in [0.1, 0.15) is 0 Å². The molecule has 0 saturated heterocycles. The Bertz CT molecular complexity index is 6.85. The van der Waals surface area contributed by atoms with Crippen LogP contribution in [-0.4, -0.2) is 45.5 Å². The van der Waals surface area contributed by atoms with Gasteiger partial charge in [-0.1, -0.05) is 0 Å². The molecular weight excluding hydrogens is 275 g/mol. The fraction of sp³-hybridized carbons (Fsp3) is 0. The largest absolute Gasteiger partial charge is 4.00 e. The molecule has 0 bridgehead atoms. The molecule has 0 spiro atoms. The maximum atomic E-state index is 0. The fourth-order valence-electron chi connectivity index (χ4n) is 0. The predicted octanol–water partition coefficient (Wildman–Crippen LogP) is -0.391. The Hall–Kier alpha value is 3.41. The molecule has 5 heteroatoms. The van der Waals surface area contributed by atoms with Crippen LogP contribution in [0.4, 0.5) is 0 Å². The summed E-state index contributed by atoms with van der Waals surface area (Å²) in [5, 5.41) is 0. The first-order chi connectivity index (χ1) is 0. The van der Waals surface area contributed by atoms with E-state index in [1.165, 1.54) is 0 Å². The van der Waals surface area contributed by atoms with Gasteiger partial charge < -0.3 is 40.5 Å². The van der Waals surface area contributed by atoms with Crippen molar-refractivity contribution in [2.45, 2.75) is 0 Å². The maximum absolute atomic E-state index is 0. The summed E-state index contributed by atoms with van der Waals surface area (Å²) in [4.78, 5) is 0. The van der Waals surface area contributed by atoms with Crippen LogP contribution in [0.2, 0.25) is 0 Å². The van der Waals surface area contributed by atoms with Crippen LogP contribution in [0.3, 0.4) is 0 Å². The molecule has 0 aromatic carbocycles. The van der Waals surface area contributed by atoms with Gasteiger partial charge in [0.25, 0.3) is 0 Å². The molecule has 0 aromatic rings. The molecule has 0 amide bonds. The maximum Gasteiger partial charge on any atom is 4.00 e. The van der Waals surface area contributed by atoms with Gasteiger partial charge in [-0.2, -0.15) is 0 Å². The zero-order chi connectivity index (χ0) is 0. The van der Waals surface area contributed by atoms with E-state index in [2.05, 4.69) is 0 Å². The molecular formula is S3SrZr. The van der Waals surface area contributed by atoms with Gasteiger partial charge in [0.05, 0.1) is 0 Å². The van der Waals surface area contributed by atoms with Crippen molar-refractivity contribution in [3.63, 3.8) is 0 Å². The second-order valence-corrected chi connectivity index (χ2v) is 0. The zero-order valence-electron chi connectivity index (χ0n) is 2.43. The van der Waals surface area contributed by atoms with Gasteiger partial charge >= 0.3 is 71.7 Å². The Morgan fingerprint density at radius 2 is 0.600 bits per heavy atom. The van der Waals surface area contributed by atoms with Gasteiger partial charge in [-0.3, -0.25) is 0 Å². The standard InChI is InChI=1S/3S.Sr.Zr/q3*-2;+2;+4. The third-order valence-corrected chi connectivity index (χ3v) is 0. The topological polar surface area (TPSA) is 0 Å². The summed E-state index contributed by atoms with van der Waals surface area (Å²) in [6.07, 6.45) is 0. The van der Waals surface area contributed by atoms with Crippen molar-refractivity contribution < 1.29 is 26.2 Å². The molecule has 0 heterocycles. The van der Waals surface area contributed by atoms with Gasteiger partial charge in [0.15, 0.2) is 0 Å². The molecule has 5 heavy (non-hydrogen) atoms. The van der Waals surface area contributed by atoms with E-state index < -0.39 is 0 Å². The minimum absolute atomic E-state index is 0. The van der Waals surface area contributed by atoms with E-state index in [9.17, 15) is 0 Å². The van der Waals surface area contributed by atoms with E-state index in [0.717, 1.165) is 0 Å². The summed E-state index contributed by atoms with van der Waals surface area (Å²) in [7, 11) is 0. The van der Waals surface area contributed by atoms with Gasteiger partial charge in [0.2, 0.25) is 0 Å². The van der Waals surface area contributed by atoms with E-state index in [0.29, 0.717) is 0 Å². The summed E-state index contributed by atoms with van der Waals surface area (Å²) in [6.45, 7) is 0. The Kier molecular flexibility index (Phi) is 208. The minimum Gasteiger partial charge on any atom is -2.00 e. The summed E-state index contributed by atoms with van der Waals surface area (Å²) in [5.74, 6) is 0. The van der Waals surface area contributed by atoms with Crippen LogP contribution in [0.15, 0.2) is 0 Å². The Labute approximate surface area is 110 Å². The normalized spacial score (nSPS) is 0.